The zero-order chi connectivity index (χ0) is 27.8. The second-order valence-electron chi connectivity index (χ2n) is 9.45. The van der Waals surface area contributed by atoms with Gasteiger partial charge in [-0.05, 0) is 50.5 Å². The maximum atomic E-state index is 13.5. The van der Waals surface area contributed by atoms with Crippen LogP contribution in [0.3, 0.4) is 0 Å². The highest BCUT2D eigenvalue weighted by Crippen LogP contribution is 2.46. The van der Waals surface area contributed by atoms with E-state index in [9.17, 15) is 14.4 Å². The largest absolute Gasteiger partial charge is 0.424 e. The van der Waals surface area contributed by atoms with Crippen molar-refractivity contribution in [1.82, 2.24) is 25.6 Å². The minimum atomic E-state index is -0.451. The fraction of sp³-hybridized carbons (Fsp3) is 0.214. The van der Waals surface area contributed by atoms with E-state index < -0.39 is 6.03 Å². The summed E-state index contributed by atoms with van der Waals surface area (Å²) in [4.78, 5) is 54.4. The summed E-state index contributed by atoms with van der Waals surface area (Å²) < 4.78 is 5.74. The quantitative estimate of drug-likeness (QED) is 0.278. The Kier molecular flexibility index (Phi) is 6.60. The van der Waals surface area contributed by atoms with Crippen LogP contribution in [0.15, 0.2) is 61.4 Å². The molecule has 1 fully saturated rings. The number of urea groups is 1. The summed E-state index contributed by atoms with van der Waals surface area (Å²) in [6.45, 7) is 5.27. The third-order valence-corrected chi connectivity index (χ3v) is 8.02. The van der Waals surface area contributed by atoms with Crippen molar-refractivity contribution in [2.24, 2.45) is 0 Å². The van der Waals surface area contributed by atoms with Crippen molar-refractivity contribution in [3.8, 4) is 11.8 Å². The van der Waals surface area contributed by atoms with E-state index in [-0.39, 0.29) is 29.9 Å². The molecule has 4 heterocycles. The van der Waals surface area contributed by atoms with Gasteiger partial charge in [-0.1, -0.05) is 24.8 Å². The Labute approximate surface area is 233 Å². The number of aryl methyl sites for hydroxylation is 1. The number of nitrogens with one attached hydrogen (secondary N) is 3. The number of para-hydroxylation sites is 1. The van der Waals surface area contributed by atoms with Gasteiger partial charge in [-0.3, -0.25) is 14.5 Å². The molecule has 4 amide bonds. The summed E-state index contributed by atoms with van der Waals surface area (Å²) in [6.07, 6.45) is 6.73. The van der Waals surface area contributed by atoms with Crippen molar-refractivity contribution in [1.29, 1.82) is 0 Å². The van der Waals surface area contributed by atoms with Crippen molar-refractivity contribution in [2.75, 3.05) is 10.2 Å². The van der Waals surface area contributed by atoms with Gasteiger partial charge in [0.25, 0.3) is 5.91 Å². The average Bonchev–Trinajstić information content (AvgIpc) is 3.55. The normalized spacial score (nSPS) is 17.8. The lowest BCUT2D eigenvalue weighted by Crippen LogP contribution is -2.48. The number of aromatic nitrogens is 3. The van der Waals surface area contributed by atoms with Crippen molar-refractivity contribution in [3.63, 3.8) is 0 Å². The molecule has 0 spiro atoms. The van der Waals surface area contributed by atoms with Crippen molar-refractivity contribution >= 4 is 56.5 Å². The van der Waals surface area contributed by atoms with Crippen LogP contribution in [-0.2, 0) is 4.79 Å². The first-order valence-electron chi connectivity index (χ1n) is 12.8. The number of ether oxygens (including phenoxy) is 1. The van der Waals surface area contributed by atoms with Crippen LogP contribution in [0.25, 0.3) is 10.2 Å². The third-order valence-electron chi connectivity index (χ3n) is 6.92. The molecule has 2 atom stereocenters. The Hall–Kier alpha value is -4.84. The number of amides is 4. The van der Waals surface area contributed by atoms with E-state index in [1.54, 1.807) is 31.3 Å². The smallest absolute Gasteiger partial charge is 0.331 e. The molecule has 3 N–H and O–H groups in total. The number of nitrogens with zero attached hydrogens (tertiary/aromatic N) is 4. The minimum absolute atomic E-state index is 0.161. The summed E-state index contributed by atoms with van der Waals surface area (Å²) >= 11 is 1.20. The molecular weight excluding hydrogens is 530 g/mol. The number of carbonyl (C=O) groups excluding carboxylic acids is 3. The zero-order valence-electron chi connectivity index (χ0n) is 21.5. The zero-order valence-corrected chi connectivity index (χ0v) is 22.3. The Morgan fingerprint density at radius 3 is 2.65 bits per heavy atom. The number of pyridine rings is 1. The van der Waals surface area contributed by atoms with Gasteiger partial charge in [-0.25, -0.2) is 14.8 Å². The van der Waals surface area contributed by atoms with E-state index in [0.29, 0.717) is 43.6 Å². The SMILES string of the molecule is C=CC(=O)NC1CCC[C@H]1NC(=O)c1sc2nccc3c2c1NC(=O)N3c1cnc(Oc2ccccc2)nc1C. The molecule has 1 saturated carbocycles. The van der Waals surface area contributed by atoms with Crippen molar-refractivity contribution in [2.45, 2.75) is 38.3 Å². The summed E-state index contributed by atoms with van der Waals surface area (Å²) in [7, 11) is 0. The molecule has 0 bridgehead atoms. The molecule has 202 valence electrons. The Balaban J connectivity index is 1.30. The molecule has 2 aliphatic rings. The van der Waals surface area contributed by atoms with Gasteiger partial charge in [0.2, 0.25) is 5.91 Å². The molecule has 0 radical (unpaired) electrons. The maximum Gasteiger partial charge on any atom is 0.331 e. The fourth-order valence-corrected chi connectivity index (χ4v) is 6.09. The van der Waals surface area contributed by atoms with Gasteiger partial charge in [0.1, 0.15) is 15.5 Å². The lowest BCUT2D eigenvalue weighted by atomic mass is 10.1. The molecule has 1 unspecified atom stereocenters. The molecule has 0 saturated heterocycles. The minimum Gasteiger partial charge on any atom is -0.424 e. The number of hydrogen-bond acceptors (Lipinski definition) is 8. The summed E-state index contributed by atoms with van der Waals surface area (Å²) in [6, 6.07) is 10.2. The fourth-order valence-electron chi connectivity index (χ4n) is 5.07. The molecule has 1 aliphatic carbocycles. The monoisotopic (exact) mass is 555 g/mol. The predicted octanol–water partition coefficient (Wildman–Crippen LogP) is 4.82. The van der Waals surface area contributed by atoms with Crippen LogP contribution in [0.4, 0.5) is 21.9 Å². The van der Waals surface area contributed by atoms with Crippen LogP contribution in [0.5, 0.6) is 11.8 Å². The number of anilines is 3. The molecular formula is C28H25N7O4S. The first kappa shape index (κ1) is 25.4. The highest BCUT2D eigenvalue weighted by atomic mass is 32.1. The Morgan fingerprint density at radius 2 is 1.90 bits per heavy atom. The molecule has 3 aromatic heterocycles. The highest BCUT2D eigenvalue weighted by molar-refractivity contribution is 7.21. The van der Waals surface area contributed by atoms with Crippen LogP contribution < -0.4 is 25.6 Å². The highest BCUT2D eigenvalue weighted by Gasteiger charge is 2.36. The first-order chi connectivity index (χ1) is 19.4. The van der Waals surface area contributed by atoms with Crippen LogP contribution in [0, 0.1) is 6.92 Å². The van der Waals surface area contributed by atoms with Gasteiger partial charge in [0.05, 0.1) is 34.3 Å². The van der Waals surface area contributed by atoms with Gasteiger partial charge in [0, 0.05) is 18.3 Å². The molecule has 1 aromatic carbocycles. The lowest BCUT2D eigenvalue weighted by Gasteiger charge is -2.29. The predicted molar refractivity (Wildman–Crippen MR) is 151 cm³/mol. The summed E-state index contributed by atoms with van der Waals surface area (Å²) in [5.41, 5.74) is 1.99. The van der Waals surface area contributed by atoms with E-state index >= 15 is 0 Å². The van der Waals surface area contributed by atoms with Gasteiger partial charge < -0.3 is 20.7 Å². The Bertz CT molecular complexity index is 1660. The van der Waals surface area contributed by atoms with E-state index in [2.05, 4.69) is 37.5 Å². The number of benzene rings is 1. The number of hydrogen-bond donors (Lipinski definition) is 3. The standard InChI is InChI=1S/C28H25N7O4S/c1-3-21(36)32-17-10-7-11-18(17)33-25(37)24-23-22-19(12-13-29-26(22)40-24)35(28(38)34-23)20-14-30-27(31-15(20)2)39-16-8-5-4-6-9-16/h3-6,8-9,12-14,17-18H,1,7,10-11H2,2H3,(H,32,36)(H,33,37)(H,34,38)/t17?,18-/m1/s1. The van der Waals surface area contributed by atoms with Crippen molar-refractivity contribution in [3.05, 3.63) is 72.0 Å². The topological polar surface area (TPSA) is 138 Å². The maximum absolute atomic E-state index is 13.5. The molecule has 6 rings (SSSR count). The molecule has 11 nitrogen and oxygen atoms in total. The van der Waals surface area contributed by atoms with Crippen LogP contribution in [0.2, 0.25) is 0 Å². The van der Waals surface area contributed by atoms with Crippen molar-refractivity contribution < 1.29 is 19.1 Å². The van der Waals surface area contributed by atoms with Crippen LogP contribution in [0.1, 0.15) is 34.6 Å². The summed E-state index contributed by atoms with van der Waals surface area (Å²) in [5, 5.41) is 9.47. The average molecular weight is 556 g/mol. The number of rotatable bonds is 7. The molecule has 12 heteroatoms. The number of thiophene rings is 1. The van der Waals surface area contributed by atoms with Crippen LogP contribution in [-0.4, -0.2) is 44.9 Å². The van der Waals surface area contributed by atoms with Crippen LogP contribution >= 0.6 is 11.3 Å². The van der Waals surface area contributed by atoms with Gasteiger partial charge in [-0.15, -0.1) is 11.3 Å². The third kappa shape index (κ3) is 4.62. The molecule has 40 heavy (non-hydrogen) atoms. The van der Waals surface area contributed by atoms with E-state index in [1.807, 2.05) is 18.2 Å². The van der Waals surface area contributed by atoms with Gasteiger partial charge in [-0.2, -0.15) is 4.98 Å². The van der Waals surface area contributed by atoms with E-state index in [4.69, 9.17) is 4.74 Å². The Morgan fingerprint density at radius 1 is 1.12 bits per heavy atom. The number of carbonyl (C=O) groups is 3. The first-order valence-corrected chi connectivity index (χ1v) is 13.6. The summed E-state index contributed by atoms with van der Waals surface area (Å²) in [5.74, 6) is -0.00504. The lowest BCUT2D eigenvalue weighted by molar-refractivity contribution is -0.117. The second kappa shape index (κ2) is 10.4. The van der Waals surface area contributed by atoms with Gasteiger partial charge in [0.15, 0.2) is 0 Å². The van der Waals surface area contributed by atoms with E-state index in [1.165, 1.54) is 28.5 Å². The molecule has 1 aliphatic heterocycles. The van der Waals surface area contributed by atoms with Gasteiger partial charge >= 0.3 is 12.0 Å². The van der Waals surface area contributed by atoms with E-state index in [0.717, 1.165) is 19.3 Å². The molecule has 4 aromatic rings. The second-order valence-corrected chi connectivity index (χ2v) is 10.4.